The first kappa shape index (κ1) is 21.5. The number of allylic oxidation sites excluding steroid dienone is 4. The number of anilines is 1. The lowest BCUT2D eigenvalue weighted by Gasteiger charge is -2.42. The summed E-state index contributed by atoms with van der Waals surface area (Å²) in [6.07, 6.45) is 12.7. The third kappa shape index (κ3) is 4.84. The van der Waals surface area contributed by atoms with E-state index in [1.54, 1.807) is 11.1 Å². The van der Waals surface area contributed by atoms with E-state index in [0.717, 1.165) is 39.3 Å². The zero-order valence-electron chi connectivity index (χ0n) is 19.5. The Morgan fingerprint density at radius 1 is 0.938 bits per heavy atom. The first-order valence-electron chi connectivity index (χ1n) is 12.5. The third-order valence-electron chi connectivity index (χ3n) is 7.48. The fourth-order valence-electron chi connectivity index (χ4n) is 5.60. The summed E-state index contributed by atoms with van der Waals surface area (Å²) in [7, 11) is 0. The van der Waals surface area contributed by atoms with Crippen LogP contribution in [0.3, 0.4) is 0 Å². The van der Waals surface area contributed by atoms with E-state index in [0.29, 0.717) is 6.04 Å². The number of aryl methyl sites for hydroxylation is 1. The largest absolute Gasteiger partial charge is 0.369 e. The van der Waals surface area contributed by atoms with Gasteiger partial charge in [0.2, 0.25) is 0 Å². The highest BCUT2D eigenvalue weighted by Crippen LogP contribution is 2.27. The van der Waals surface area contributed by atoms with Gasteiger partial charge in [0.25, 0.3) is 0 Å². The first-order chi connectivity index (χ1) is 15.8. The maximum Gasteiger partial charge on any atom is 0.0510 e. The smallest absolute Gasteiger partial charge is 0.0510 e. The maximum atomic E-state index is 2.77. The monoisotopic (exact) mass is 427 g/mol. The molecule has 0 aromatic heterocycles. The molecule has 2 aliphatic carbocycles. The molecule has 0 saturated carbocycles. The molecule has 3 heteroatoms. The Hall–Kier alpha value is -2.36. The number of rotatable bonds is 7. The topological polar surface area (TPSA) is 9.72 Å². The van der Waals surface area contributed by atoms with E-state index in [4.69, 9.17) is 0 Å². The summed E-state index contributed by atoms with van der Waals surface area (Å²) in [5, 5.41) is 0. The van der Waals surface area contributed by atoms with Crippen LogP contribution >= 0.6 is 0 Å². The second-order valence-electron chi connectivity index (χ2n) is 9.60. The zero-order chi connectivity index (χ0) is 21.8. The predicted octanol–water partition coefficient (Wildman–Crippen LogP) is 5.38. The molecule has 1 aliphatic heterocycles. The van der Waals surface area contributed by atoms with Gasteiger partial charge in [0, 0.05) is 37.9 Å². The lowest BCUT2D eigenvalue weighted by Crippen LogP contribution is -2.52. The van der Waals surface area contributed by atoms with Crippen LogP contribution in [0.4, 0.5) is 5.69 Å². The highest BCUT2D eigenvalue weighted by atomic mass is 15.4. The van der Waals surface area contributed by atoms with E-state index in [1.807, 2.05) is 0 Å². The quantitative estimate of drug-likeness (QED) is 0.587. The second-order valence-corrected chi connectivity index (χ2v) is 9.60. The fourth-order valence-corrected chi connectivity index (χ4v) is 5.60. The highest BCUT2D eigenvalue weighted by molar-refractivity contribution is 5.72. The zero-order valence-corrected chi connectivity index (χ0v) is 19.5. The van der Waals surface area contributed by atoms with Gasteiger partial charge >= 0.3 is 0 Å². The number of benzene rings is 2. The molecule has 3 nitrogen and oxygen atoms in total. The van der Waals surface area contributed by atoms with Crippen molar-refractivity contribution in [2.24, 2.45) is 0 Å². The van der Waals surface area contributed by atoms with Crippen molar-refractivity contribution in [3.05, 3.63) is 83.4 Å². The summed E-state index contributed by atoms with van der Waals surface area (Å²) in [5.74, 6) is 0. The molecule has 1 atom stereocenters. The number of piperazine rings is 1. The molecule has 5 rings (SSSR count). The van der Waals surface area contributed by atoms with Gasteiger partial charge in [-0.3, -0.25) is 9.80 Å². The van der Waals surface area contributed by atoms with Gasteiger partial charge in [-0.1, -0.05) is 61.5 Å². The molecule has 1 fully saturated rings. The van der Waals surface area contributed by atoms with Crippen LogP contribution in [0.5, 0.6) is 0 Å². The van der Waals surface area contributed by atoms with Crippen LogP contribution in [0.15, 0.2) is 66.8 Å². The number of hydrogen-bond donors (Lipinski definition) is 0. The molecule has 1 heterocycles. The molecule has 0 spiro atoms. The average molecular weight is 428 g/mol. The molecule has 2 aromatic carbocycles. The average Bonchev–Trinajstić information content (AvgIpc) is 3.39. The van der Waals surface area contributed by atoms with Crippen molar-refractivity contribution in [3.8, 4) is 0 Å². The summed E-state index contributed by atoms with van der Waals surface area (Å²) in [6, 6.07) is 19.0. The minimum Gasteiger partial charge on any atom is -0.369 e. The third-order valence-corrected chi connectivity index (χ3v) is 7.48. The van der Waals surface area contributed by atoms with E-state index in [-0.39, 0.29) is 0 Å². The summed E-state index contributed by atoms with van der Waals surface area (Å²) in [6.45, 7) is 9.20. The van der Waals surface area contributed by atoms with E-state index in [1.165, 1.54) is 49.1 Å². The van der Waals surface area contributed by atoms with Crippen molar-refractivity contribution in [3.63, 3.8) is 0 Å². The molecular formula is C29H37N3. The summed E-state index contributed by atoms with van der Waals surface area (Å²) >= 11 is 0. The van der Waals surface area contributed by atoms with Gasteiger partial charge in [0.15, 0.2) is 0 Å². The van der Waals surface area contributed by atoms with E-state index in [9.17, 15) is 0 Å². The molecule has 1 saturated heterocycles. The standard InChI is InChI=1S/C29H37N3/c1-2-17-32(29-16-13-25-9-5-6-10-27(25)22-29)23-30-18-20-31(21-19-30)28-14-11-26(12-15-28)24-7-3-4-8-24/h3-7,9-12,14-15,29H,2,8,13,16-23H2,1H3. The molecule has 3 aliphatic rings. The highest BCUT2D eigenvalue weighted by Gasteiger charge is 2.26. The molecule has 2 aromatic rings. The normalized spacial score (nSPS) is 21.1. The minimum absolute atomic E-state index is 0.690. The molecule has 0 bridgehead atoms. The van der Waals surface area contributed by atoms with Crippen LogP contribution in [0.1, 0.15) is 42.9 Å². The Bertz CT molecular complexity index is 951. The fraction of sp³-hybridized carbons (Fsp3) is 0.448. The Labute approximate surface area is 194 Å². The lowest BCUT2D eigenvalue weighted by atomic mass is 9.87. The van der Waals surface area contributed by atoms with Crippen LogP contribution in [0, 0.1) is 0 Å². The van der Waals surface area contributed by atoms with Gasteiger partial charge in [-0.25, -0.2) is 0 Å². The molecule has 1 unspecified atom stereocenters. The van der Waals surface area contributed by atoms with Gasteiger partial charge in [-0.15, -0.1) is 0 Å². The number of fused-ring (bicyclic) bond motifs is 1. The van der Waals surface area contributed by atoms with Crippen molar-refractivity contribution >= 4 is 11.3 Å². The Morgan fingerprint density at radius 2 is 1.72 bits per heavy atom. The second kappa shape index (κ2) is 10.1. The summed E-state index contributed by atoms with van der Waals surface area (Å²) in [5.41, 5.74) is 7.31. The van der Waals surface area contributed by atoms with E-state index < -0.39 is 0 Å². The molecule has 0 amide bonds. The van der Waals surface area contributed by atoms with Crippen LogP contribution in [0.2, 0.25) is 0 Å². The van der Waals surface area contributed by atoms with Gasteiger partial charge in [-0.05, 0) is 73.0 Å². The summed E-state index contributed by atoms with van der Waals surface area (Å²) in [4.78, 5) is 8.00. The molecule has 0 radical (unpaired) electrons. The lowest BCUT2D eigenvalue weighted by molar-refractivity contribution is 0.0813. The van der Waals surface area contributed by atoms with Crippen LogP contribution in [-0.2, 0) is 12.8 Å². The van der Waals surface area contributed by atoms with E-state index in [2.05, 4.69) is 88.4 Å². The van der Waals surface area contributed by atoms with Crippen molar-refractivity contribution in [2.75, 3.05) is 44.3 Å². The molecule has 168 valence electrons. The Balaban J connectivity index is 1.16. The first-order valence-corrected chi connectivity index (χ1v) is 12.5. The van der Waals surface area contributed by atoms with E-state index >= 15 is 0 Å². The number of hydrogen-bond acceptors (Lipinski definition) is 3. The Kier molecular flexibility index (Phi) is 6.75. The van der Waals surface area contributed by atoms with Gasteiger partial charge in [-0.2, -0.15) is 0 Å². The molecular weight excluding hydrogens is 390 g/mol. The summed E-state index contributed by atoms with van der Waals surface area (Å²) < 4.78 is 0. The van der Waals surface area contributed by atoms with Gasteiger partial charge < -0.3 is 4.90 Å². The van der Waals surface area contributed by atoms with Crippen molar-refractivity contribution < 1.29 is 0 Å². The number of nitrogens with zero attached hydrogens (tertiary/aromatic N) is 3. The molecule has 0 N–H and O–H groups in total. The van der Waals surface area contributed by atoms with Crippen molar-refractivity contribution in [1.29, 1.82) is 0 Å². The minimum atomic E-state index is 0.690. The molecule has 32 heavy (non-hydrogen) atoms. The van der Waals surface area contributed by atoms with Crippen molar-refractivity contribution in [1.82, 2.24) is 9.80 Å². The van der Waals surface area contributed by atoms with Crippen LogP contribution < -0.4 is 4.90 Å². The van der Waals surface area contributed by atoms with Crippen LogP contribution in [0.25, 0.3) is 5.57 Å². The van der Waals surface area contributed by atoms with Gasteiger partial charge in [0.05, 0.1) is 6.67 Å². The van der Waals surface area contributed by atoms with Crippen molar-refractivity contribution in [2.45, 2.75) is 45.1 Å². The van der Waals surface area contributed by atoms with Crippen LogP contribution in [-0.4, -0.2) is 55.2 Å². The van der Waals surface area contributed by atoms with Gasteiger partial charge in [0.1, 0.15) is 0 Å². The maximum absolute atomic E-state index is 2.77. The Morgan fingerprint density at radius 3 is 2.44 bits per heavy atom. The SMILES string of the molecule is CCCN(CN1CCN(c2ccc(C3=CC=CC3)cc2)CC1)C1CCc2ccccc2C1. The predicted molar refractivity (Wildman–Crippen MR) is 136 cm³/mol.